The molecule has 31 heavy (non-hydrogen) atoms. The first-order valence-corrected chi connectivity index (χ1v) is 10.8. The molecule has 2 aliphatic heterocycles. The molecular formula is C22H32N4O5. The molecule has 2 heterocycles. The van der Waals surface area contributed by atoms with E-state index in [9.17, 15) is 14.4 Å². The van der Waals surface area contributed by atoms with Gasteiger partial charge in [0.15, 0.2) is 11.5 Å². The number of carbonyl (C=O) groups excluding carboxylic acids is 3. The van der Waals surface area contributed by atoms with Gasteiger partial charge in [-0.15, -0.1) is 0 Å². The number of amides is 3. The number of nitrogens with one attached hydrogen (secondary N) is 1. The van der Waals surface area contributed by atoms with E-state index in [2.05, 4.69) is 10.2 Å². The third kappa shape index (κ3) is 5.46. The number of ether oxygens (including phenoxy) is 2. The lowest BCUT2D eigenvalue weighted by atomic mass is 10.1. The molecule has 1 N–H and O–H groups in total. The van der Waals surface area contributed by atoms with Gasteiger partial charge in [-0.3, -0.25) is 19.3 Å². The highest BCUT2D eigenvalue weighted by Crippen LogP contribution is 2.34. The van der Waals surface area contributed by atoms with Gasteiger partial charge in [0.1, 0.15) is 0 Å². The average molecular weight is 433 g/mol. The lowest BCUT2D eigenvalue weighted by molar-refractivity contribution is -0.137. The van der Waals surface area contributed by atoms with Crippen molar-refractivity contribution in [2.24, 2.45) is 5.92 Å². The number of benzene rings is 1. The van der Waals surface area contributed by atoms with Gasteiger partial charge in [-0.05, 0) is 18.6 Å². The Morgan fingerprint density at radius 1 is 1.10 bits per heavy atom. The summed E-state index contributed by atoms with van der Waals surface area (Å²) in [4.78, 5) is 43.0. The van der Waals surface area contributed by atoms with E-state index in [4.69, 9.17) is 9.47 Å². The topological polar surface area (TPSA) is 91.4 Å². The van der Waals surface area contributed by atoms with Crippen molar-refractivity contribution in [3.05, 3.63) is 18.2 Å². The summed E-state index contributed by atoms with van der Waals surface area (Å²) in [7, 11) is 3.11. The van der Waals surface area contributed by atoms with E-state index in [1.807, 2.05) is 11.8 Å². The fourth-order valence-corrected chi connectivity index (χ4v) is 4.02. The van der Waals surface area contributed by atoms with E-state index in [-0.39, 0.29) is 30.1 Å². The average Bonchev–Trinajstić information content (AvgIpc) is 3.18. The van der Waals surface area contributed by atoms with Gasteiger partial charge >= 0.3 is 0 Å². The summed E-state index contributed by atoms with van der Waals surface area (Å²) in [5.74, 6) is 0.727. The zero-order valence-electron chi connectivity index (χ0n) is 18.6. The van der Waals surface area contributed by atoms with Crippen molar-refractivity contribution in [3.8, 4) is 11.5 Å². The minimum atomic E-state index is -0.361. The lowest BCUT2D eigenvalue weighted by Crippen LogP contribution is -2.52. The first-order valence-electron chi connectivity index (χ1n) is 10.8. The normalized spacial score (nSPS) is 19.5. The molecule has 3 rings (SSSR count). The van der Waals surface area contributed by atoms with Crippen LogP contribution in [0, 0.1) is 5.92 Å². The minimum absolute atomic E-state index is 0.00594. The molecule has 1 atom stereocenters. The Labute approximate surface area is 183 Å². The van der Waals surface area contributed by atoms with Gasteiger partial charge in [-0.1, -0.05) is 6.92 Å². The van der Waals surface area contributed by atoms with Crippen molar-refractivity contribution in [1.29, 1.82) is 0 Å². The summed E-state index contributed by atoms with van der Waals surface area (Å²) >= 11 is 0. The molecule has 0 aromatic heterocycles. The molecule has 0 saturated carbocycles. The zero-order chi connectivity index (χ0) is 22.4. The summed E-state index contributed by atoms with van der Waals surface area (Å²) in [6.07, 6.45) is 1.11. The monoisotopic (exact) mass is 432 g/mol. The summed E-state index contributed by atoms with van der Waals surface area (Å²) in [6.45, 7) is 5.87. The molecule has 1 aromatic carbocycles. The molecule has 170 valence electrons. The van der Waals surface area contributed by atoms with E-state index in [1.165, 1.54) is 0 Å². The molecule has 9 nitrogen and oxygen atoms in total. The van der Waals surface area contributed by atoms with Crippen molar-refractivity contribution in [2.75, 3.05) is 64.9 Å². The van der Waals surface area contributed by atoms with Crippen LogP contribution in [-0.2, 0) is 14.4 Å². The summed E-state index contributed by atoms with van der Waals surface area (Å²) in [5, 5.41) is 2.88. The molecule has 1 unspecified atom stereocenters. The number of anilines is 1. The molecule has 2 aliphatic rings. The predicted molar refractivity (Wildman–Crippen MR) is 116 cm³/mol. The van der Waals surface area contributed by atoms with Gasteiger partial charge in [0, 0.05) is 57.4 Å². The van der Waals surface area contributed by atoms with Crippen LogP contribution in [-0.4, -0.2) is 87.6 Å². The standard InChI is InChI=1S/C22H32N4O5/c1-4-7-23-20(27)15-24-8-10-25(11-9-24)22(29)16-12-21(28)26(14-16)17-5-6-18(30-2)19(13-17)31-3/h5-6,13,16H,4,7-12,14-15H2,1-3H3,(H,23,27). The van der Waals surface area contributed by atoms with Crippen molar-refractivity contribution in [1.82, 2.24) is 15.1 Å². The Hall–Kier alpha value is -2.81. The van der Waals surface area contributed by atoms with Gasteiger partial charge in [0.25, 0.3) is 0 Å². The van der Waals surface area contributed by atoms with Crippen LogP contribution in [0.15, 0.2) is 18.2 Å². The molecule has 1 aromatic rings. The highest BCUT2D eigenvalue weighted by molar-refractivity contribution is 6.00. The van der Waals surface area contributed by atoms with Crippen LogP contribution in [0.2, 0.25) is 0 Å². The van der Waals surface area contributed by atoms with Crippen molar-refractivity contribution in [2.45, 2.75) is 19.8 Å². The fraction of sp³-hybridized carbons (Fsp3) is 0.591. The number of methoxy groups -OCH3 is 2. The highest BCUT2D eigenvalue weighted by Gasteiger charge is 2.38. The maximum Gasteiger partial charge on any atom is 0.234 e. The molecule has 0 bridgehead atoms. The largest absolute Gasteiger partial charge is 0.493 e. The van der Waals surface area contributed by atoms with Crippen molar-refractivity contribution < 1.29 is 23.9 Å². The third-order valence-corrected chi connectivity index (χ3v) is 5.78. The van der Waals surface area contributed by atoms with E-state index in [1.54, 1.807) is 37.3 Å². The van der Waals surface area contributed by atoms with Crippen LogP contribution in [0.5, 0.6) is 11.5 Å². The van der Waals surface area contributed by atoms with Crippen LogP contribution in [0.1, 0.15) is 19.8 Å². The SMILES string of the molecule is CCCNC(=O)CN1CCN(C(=O)C2CC(=O)N(c3ccc(OC)c(OC)c3)C2)CC1. The number of carbonyl (C=O) groups is 3. The van der Waals surface area contributed by atoms with E-state index < -0.39 is 0 Å². The quantitative estimate of drug-likeness (QED) is 0.651. The number of hydrogen-bond acceptors (Lipinski definition) is 6. The lowest BCUT2D eigenvalue weighted by Gasteiger charge is -2.35. The Morgan fingerprint density at radius 2 is 1.81 bits per heavy atom. The smallest absolute Gasteiger partial charge is 0.234 e. The van der Waals surface area contributed by atoms with Gasteiger partial charge in [-0.2, -0.15) is 0 Å². The van der Waals surface area contributed by atoms with Gasteiger partial charge in [-0.25, -0.2) is 0 Å². The van der Waals surface area contributed by atoms with Crippen molar-refractivity contribution in [3.63, 3.8) is 0 Å². The summed E-state index contributed by atoms with van der Waals surface area (Å²) < 4.78 is 10.6. The Bertz CT molecular complexity index is 807. The number of hydrogen-bond donors (Lipinski definition) is 1. The molecule has 0 spiro atoms. The van der Waals surface area contributed by atoms with E-state index in [0.717, 1.165) is 6.42 Å². The maximum atomic E-state index is 13.0. The van der Waals surface area contributed by atoms with Crippen LogP contribution in [0.4, 0.5) is 5.69 Å². The predicted octanol–water partition coefficient (Wildman–Crippen LogP) is 0.727. The highest BCUT2D eigenvalue weighted by atomic mass is 16.5. The third-order valence-electron chi connectivity index (χ3n) is 5.78. The van der Waals surface area contributed by atoms with Gasteiger partial charge < -0.3 is 24.6 Å². The Balaban J connectivity index is 1.54. The summed E-state index contributed by atoms with van der Waals surface area (Å²) in [6, 6.07) is 5.31. The maximum absolute atomic E-state index is 13.0. The van der Waals surface area contributed by atoms with Crippen LogP contribution < -0.4 is 19.7 Å². The first-order chi connectivity index (χ1) is 15.0. The molecule has 2 saturated heterocycles. The van der Waals surface area contributed by atoms with Crippen LogP contribution in [0.25, 0.3) is 0 Å². The second-order valence-electron chi connectivity index (χ2n) is 7.90. The summed E-state index contributed by atoms with van der Waals surface area (Å²) in [5.41, 5.74) is 0.695. The molecule has 9 heteroatoms. The second-order valence-corrected chi connectivity index (χ2v) is 7.90. The molecule has 0 aliphatic carbocycles. The molecule has 0 radical (unpaired) electrons. The second kappa shape index (κ2) is 10.5. The van der Waals surface area contributed by atoms with E-state index in [0.29, 0.717) is 63.0 Å². The minimum Gasteiger partial charge on any atom is -0.493 e. The van der Waals surface area contributed by atoms with Gasteiger partial charge in [0.05, 0.1) is 26.7 Å². The molecule has 3 amide bonds. The van der Waals surface area contributed by atoms with Crippen LogP contribution in [0.3, 0.4) is 0 Å². The first kappa shape index (κ1) is 22.9. The number of piperazine rings is 1. The number of nitrogens with zero attached hydrogens (tertiary/aromatic N) is 3. The fourth-order valence-electron chi connectivity index (χ4n) is 4.02. The van der Waals surface area contributed by atoms with Gasteiger partial charge in [0.2, 0.25) is 17.7 Å². The zero-order valence-corrected chi connectivity index (χ0v) is 18.6. The van der Waals surface area contributed by atoms with E-state index >= 15 is 0 Å². The van der Waals surface area contributed by atoms with Crippen LogP contribution >= 0.6 is 0 Å². The number of rotatable bonds is 8. The molecular weight excluding hydrogens is 400 g/mol. The van der Waals surface area contributed by atoms with Crippen molar-refractivity contribution >= 4 is 23.4 Å². The molecule has 2 fully saturated rings. The Morgan fingerprint density at radius 3 is 2.45 bits per heavy atom. The Kier molecular flexibility index (Phi) is 7.73.